The van der Waals surface area contributed by atoms with Gasteiger partial charge in [-0.15, -0.1) is 0 Å². The number of benzene rings is 2. The average Bonchev–Trinajstić information content (AvgIpc) is 3.52. The molecule has 1 fully saturated rings. The Kier molecular flexibility index (Phi) is 6.31. The Morgan fingerprint density at radius 3 is 2.66 bits per heavy atom. The second-order valence-electron chi connectivity index (χ2n) is 10.2. The summed E-state index contributed by atoms with van der Waals surface area (Å²) >= 11 is 0. The van der Waals surface area contributed by atoms with Gasteiger partial charge in [0.25, 0.3) is 0 Å². The van der Waals surface area contributed by atoms with E-state index in [2.05, 4.69) is 0 Å². The number of aromatic nitrogens is 2. The van der Waals surface area contributed by atoms with E-state index < -0.39 is 11.4 Å². The zero-order valence-electron chi connectivity index (χ0n) is 21.3. The van der Waals surface area contributed by atoms with Crippen molar-refractivity contribution in [1.82, 2.24) is 9.55 Å². The third-order valence-electron chi connectivity index (χ3n) is 7.69. The minimum Gasteiger partial charge on any atom is -0.496 e. The van der Waals surface area contributed by atoms with Gasteiger partial charge in [0.2, 0.25) is 12.6 Å². The number of nitrogens with zero attached hydrogens (tertiary/aromatic N) is 2. The number of rotatable bonds is 9. The molecule has 6 rings (SSSR count). The second kappa shape index (κ2) is 9.79. The average molecular weight is 519 g/mol. The monoisotopic (exact) mass is 518 g/mol. The summed E-state index contributed by atoms with van der Waals surface area (Å²) in [6.07, 6.45) is 6.15. The molecular weight excluding hydrogens is 488 g/mol. The number of aryl methyl sites for hydroxylation is 1. The lowest BCUT2D eigenvalue weighted by molar-refractivity contribution is -0.146. The van der Waals surface area contributed by atoms with Gasteiger partial charge in [-0.2, -0.15) is 0 Å². The Balaban J connectivity index is 1.34. The highest BCUT2D eigenvalue weighted by molar-refractivity contribution is 6.07. The molecule has 38 heavy (non-hydrogen) atoms. The molecule has 0 unspecified atom stereocenters. The predicted octanol–water partition coefficient (Wildman–Crippen LogP) is 4.49. The van der Waals surface area contributed by atoms with Crippen molar-refractivity contribution in [3.8, 4) is 22.9 Å². The number of aliphatic carboxylic acids is 1. The van der Waals surface area contributed by atoms with Crippen LogP contribution in [0.15, 0.2) is 36.4 Å². The number of carboxylic acids is 1. The van der Waals surface area contributed by atoms with Crippen molar-refractivity contribution >= 4 is 11.8 Å². The zero-order chi connectivity index (χ0) is 26.3. The molecule has 0 saturated heterocycles. The highest BCUT2D eigenvalue weighted by atomic mass is 16.7. The first-order chi connectivity index (χ1) is 18.5. The molecule has 3 aromatic rings. The molecule has 1 N–H and O–H groups in total. The summed E-state index contributed by atoms with van der Waals surface area (Å²) in [6.45, 7) is 0.559. The summed E-state index contributed by atoms with van der Waals surface area (Å²) < 4.78 is 24.3. The van der Waals surface area contributed by atoms with E-state index in [0.717, 1.165) is 54.7 Å². The van der Waals surface area contributed by atoms with Gasteiger partial charge in [0, 0.05) is 22.9 Å². The fraction of sp³-hybridized carbons (Fsp3) is 0.414. The molecule has 0 radical (unpaired) electrons. The van der Waals surface area contributed by atoms with E-state index in [9.17, 15) is 14.7 Å². The Morgan fingerprint density at radius 1 is 1.05 bits per heavy atom. The van der Waals surface area contributed by atoms with Crippen LogP contribution in [0.3, 0.4) is 0 Å². The maximum Gasteiger partial charge on any atom is 0.311 e. The summed E-state index contributed by atoms with van der Waals surface area (Å²) in [4.78, 5) is 30.1. The van der Waals surface area contributed by atoms with Crippen molar-refractivity contribution in [2.75, 3.05) is 20.5 Å². The molecule has 0 bridgehead atoms. The molecule has 9 heteroatoms. The summed E-state index contributed by atoms with van der Waals surface area (Å²) in [7, 11) is 1.59. The van der Waals surface area contributed by atoms with Crippen LogP contribution < -0.4 is 14.2 Å². The maximum absolute atomic E-state index is 13.8. The minimum absolute atomic E-state index is 0.142. The fourth-order valence-corrected chi connectivity index (χ4v) is 5.23. The van der Waals surface area contributed by atoms with Crippen molar-refractivity contribution in [2.45, 2.75) is 51.6 Å². The van der Waals surface area contributed by atoms with Crippen LogP contribution in [0.2, 0.25) is 0 Å². The van der Waals surface area contributed by atoms with Gasteiger partial charge in [-0.05, 0) is 62.8 Å². The first kappa shape index (κ1) is 24.5. The molecule has 2 aromatic carbocycles. The van der Waals surface area contributed by atoms with Gasteiger partial charge in [0.15, 0.2) is 17.3 Å². The number of carbonyl (C=O) groups excluding carboxylic acids is 1. The van der Waals surface area contributed by atoms with Gasteiger partial charge >= 0.3 is 5.97 Å². The standard InChI is InChI=1S/C29H30N2O7/c1-35-24-14-20(9-7-19(24)15-36-16-29(11-12-29)28(33)34)31-22-6-4-2-3-5-21(22)30-27(31)26(32)18-8-10-23-25(13-18)38-17-37-23/h7-10,13-14H,2-6,11-12,15-17H2,1H3,(H,33,34). The molecule has 1 saturated carbocycles. The first-order valence-corrected chi connectivity index (χ1v) is 13.0. The molecule has 1 aliphatic heterocycles. The van der Waals surface area contributed by atoms with Crippen molar-refractivity contribution in [1.29, 1.82) is 0 Å². The topological polar surface area (TPSA) is 109 Å². The van der Waals surface area contributed by atoms with Crippen molar-refractivity contribution in [2.24, 2.45) is 5.41 Å². The molecule has 0 amide bonds. The highest BCUT2D eigenvalue weighted by Gasteiger charge is 2.50. The van der Waals surface area contributed by atoms with Crippen LogP contribution >= 0.6 is 0 Å². The maximum atomic E-state index is 13.8. The van der Waals surface area contributed by atoms with Gasteiger partial charge in [-0.1, -0.05) is 12.5 Å². The van der Waals surface area contributed by atoms with Crippen LogP contribution in [0, 0.1) is 5.41 Å². The molecule has 1 aromatic heterocycles. The molecule has 198 valence electrons. The van der Waals surface area contributed by atoms with Crippen LogP contribution in [0.25, 0.3) is 5.69 Å². The van der Waals surface area contributed by atoms with Crippen LogP contribution in [0.4, 0.5) is 0 Å². The number of hydrogen-bond donors (Lipinski definition) is 1. The smallest absolute Gasteiger partial charge is 0.311 e. The molecule has 3 aliphatic rings. The lowest BCUT2D eigenvalue weighted by atomic mass is 10.1. The third-order valence-corrected chi connectivity index (χ3v) is 7.69. The molecular formula is C29H30N2O7. The molecule has 2 heterocycles. The van der Waals surface area contributed by atoms with Crippen LogP contribution in [0.5, 0.6) is 17.2 Å². The third kappa shape index (κ3) is 4.41. The lowest BCUT2D eigenvalue weighted by Crippen LogP contribution is -2.21. The molecule has 0 atom stereocenters. The number of ketones is 1. The highest BCUT2D eigenvalue weighted by Crippen LogP contribution is 2.46. The number of imidazole rings is 1. The molecule has 2 aliphatic carbocycles. The van der Waals surface area contributed by atoms with Crippen LogP contribution in [-0.2, 0) is 29.0 Å². The number of carboxylic acid groups (broad SMARTS) is 1. The number of carbonyl (C=O) groups is 2. The predicted molar refractivity (Wildman–Crippen MR) is 136 cm³/mol. The second-order valence-corrected chi connectivity index (χ2v) is 10.2. The summed E-state index contributed by atoms with van der Waals surface area (Å²) in [5.41, 5.74) is 3.35. The first-order valence-electron chi connectivity index (χ1n) is 13.0. The summed E-state index contributed by atoms with van der Waals surface area (Å²) in [5.74, 6) is 1.15. The van der Waals surface area contributed by atoms with E-state index in [0.29, 0.717) is 41.5 Å². The number of methoxy groups -OCH3 is 1. The summed E-state index contributed by atoms with van der Waals surface area (Å²) in [6, 6.07) is 10.9. The van der Waals surface area contributed by atoms with Crippen LogP contribution in [0.1, 0.15) is 65.2 Å². The van der Waals surface area contributed by atoms with Gasteiger partial charge in [0.05, 0.1) is 37.1 Å². The van der Waals surface area contributed by atoms with Crippen molar-refractivity contribution in [3.05, 3.63) is 64.7 Å². The van der Waals surface area contributed by atoms with Gasteiger partial charge in [-0.25, -0.2) is 4.98 Å². The van der Waals surface area contributed by atoms with Crippen molar-refractivity contribution in [3.63, 3.8) is 0 Å². The lowest BCUT2D eigenvalue weighted by Gasteiger charge is -2.16. The fourth-order valence-electron chi connectivity index (χ4n) is 5.23. The van der Waals surface area contributed by atoms with E-state index in [1.807, 2.05) is 22.8 Å². The van der Waals surface area contributed by atoms with Crippen molar-refractivity contribution < 1.29 is 33.6 Å². The SMILES string of the molecule is COc1cc(-n2c(C(=O)c3ccc4c(c3)OCO4)nc3c2CCCCC3)ccc1COCC1(C(=O)O)CC1. The summed E-state index contributed by atoms with van der Waals surface area (Å²) in [5, 5.41) is 9.41. The van der Waals surface area contributed by atoms with E-state index in [1.165, 1.54) is 0 Å². The quantitative estimate of drug-likeness (QED) is 0.326. The molecule has 9 nitrogen and oxygen atoms in total. The number of hydrogen-bond acceptors (Lipinski definition) is 7. The number of fused-ring (bicyclic) bond motifs is 2. The van der Waals surface area contributed by atoms with Crippen LogP contribution in [-0.4, -0.2) is 46.9 Å². The van der Waals surface area contributed by atoms with E-state index in [-0.39, 0.29) is 25.8 Å². The number of ether oxygens (including phenoxy) is 4. The Hall–Kier alpha value is -3.85. The largest absolute Gasteiger partial charge is 0.496 e. The van der Waals surface area contributed by atoms with E-state index >= 15 is 0 Å². The normalized spacial score (nSPS) is 17.0. The Bertz CT molecular complexity index is 1410. The van der Waals surface area contributed by atoms with Gasteiger partial charge in [0.1, 0.15) is 5.75 Å². The zero-order valence-corrected chi connectivity index (χ0v) is 21.3. The Morgan fingerprint density at radius 2 is 1.87 bits per heavy atom. The van der Waals surface area contributed by atoms with E-state index in [1.54, 1.807) is 25.3 Å². The Labute approximate surface area is 220 Å². The van der Waals surface area contributed by atoms with Gasteiger partial charge < -0.3 is 24.1 Å². The minimum atomic E-state index is -0.805. The molecule has 0 spiro atoms. The van der Waals surface area contributed by atoms with Gasteiger partial charge in [-0.3, -0.25) is 14.2 Å². The van der Waals surface area contributed by atoms with E-state index in [4.69, 9.17) is 23.9 Å².